The molecule has 1 aromatic carbocycles. The molecule has 0 bridgehead atoms. The van der Waals surface area contributed by atoms with Crippen molar-refractivity contribution in [3.05, 3.63) is 56.0 Å². The highest BCUT2D eigenvalue weighted by atomic mass is 32.1. The lowest BCUT2D eigenvalue weighted by Crippen LogP contribution is -2.00. The molecular formula is C17H19FOS. The van der Waals surface area contributed by atoms with Crippen molar-refractivity contribution in [3.63, 3.8) is 0 Å². The molecule has 0 saturated heterocycles. The Balaban J connectivity index is 1.96. The molecule has 0 fully saturated rings. The van der Waals surface area contributed by atoms with Crippen LogP contribution in [0.2, 0.25) is 0 Å². The van der Waals surface area contributed by atoms with E-state index < -0.39 is 6.10 Å². The highest BCUT2D eigenvalue weighted by Gasteiger charge is 2.20. The minimum atomic E-state index is -0.636. The van der Waals surface area contributed by atoms with Gasteiger partial charge in [-0.2, -0.15) is 0 Å². The molecule has 0 spiro atoms. The van der Waals surface area contributed by atoms with Crippen molar-refractivity contribution in [1.82, 2.24) is 0 Å². The van der Waals surface area contributed by atoms with Crippen molar-refractivity contribution >= 4 is 11.3 Å². The van der Waals surface area contributed by atoms with Crippen LogP contribution in [0.1, 0.15) is 51.0 Å². The monoisotopic (exact) mass is 290 g/mol. The Morgan fingerprint density at radius 3 is 2.40 bits per heavy atom. The molecule has 1 aliphatic carbocycles. The Morgan fingerprint density at radius 1 is 1.10 bits per heavy atom. The van der Waals surface area contributed by atoms with E-state index in [-0.39, 0.29) is 5.82 Å². The fourth-order valence-corrected chi connectivity index (χ4v) is 4.22. The number of aliphatic hydroxyl groups is 1. The molecule has 0 saturated carbocycles. The van der Waals surface area contributed by atoms with Gasteiger partial charge in [0, 0.05) is 9.75 Å². The van der Waals surface area contributed by atoms with E-state index in [4.69, 9.17) is 0 Å². The van der Waals surface area contributed by atoms with Gasteiger partial charge in [0.25, 0.3) is 0 Å². The Hall–Kier alpha value is -1.19. The van der Waals surface area contributed by atoms with Gasteiger partial charge in [-0.15, -0.1) is 11.3 Å². The molecule has 1 nitrogen and oxygen atoms in total. The largest absolute Gasteiger partial charge is 0.383 e. The van der Waals surface area contributed by atoms with Crippen LogP contribution < -0.4 is 0 Å². The number of aryl methyl sites for hydroxylation is 4. The third kappa shape index (κ3) is 2.40. The topological polar surface area (TPSA) is 20.2 Å². The van der Waals surface area contributed by atoms with Gasteiger partial charge in [-0.25, -0.2) is 4.39 Å². The van der Waals surface area contributed by atoms with Gasteiger partial charge in [0.05, 0.1) is 0 Å². The Morgan fingerprint density at radius 2 is 1.75 bits per heavy atom. The van der Waals surface area contributed by atoms with Gasteiger partial charge in [0.15, 0.2) is 0 Å². The first-order valence-electron chi connectivity index (χ1n) is 7.12. The summed E-state index contributed by atoms with van der Waals surface area (Å²) in [7, 11) is 0. The van der Waals surface area contributed by atoms with E-state index >= 15 is 0 Å². The third-order valence-corrected chi connectivity index (χ3v) is 5.35. The standard InChI is InChI=1S/C17H19FOS/c1-10-7-13(8-11(2)16(10)18)17(19)15-9-12-5-3-4-6-14(12)20-15/h7-9,17,19H,3-6H2,1-2H3. The maximum absolute atomic E-state index is 13.7. The van der Waals surface area contributed by atoms with E-state index in [0.29, 0.717) is 11.1 Å². The van der Waals surface area contributed by atoms with Gasteiger partial charge < -0.3 is 5.11 Å². The quantitative estimate of drug-likeness (QED) is 0.865. The summed E-state index contributed by atoms with van der Waals surface area (Å²) in [6.07, 6.45) is 4.11. The number of benzene rings is 1. The molecule has 1 atom stereocenters. The molecular weight excluding hydrogens is 271 g/mol. The molecule has 0 aliphatic heterocycles. The lowest BCUT2D eigenvalue weighted by atomic mass is 9.97. The fourth-order valence-electron chi connectivity index (χ4n) is 2.95. The zero-order valence-electron chi connectivity index (χ0n) is 11.9. The summed E-state index contributed by atoms with van der Waals surface area (Å²) in [6.45, 7) is 3.50. The van der Waals surface area contributed by atoms with E-state index in [1.54, 1.807) is 37.3 Å². The molecule has 3 heteroatoms. The van der Waals surface area contributed by atoms with E-state index in [1.165, 1.54) is 23.3 Å². The molecule has 1 heterocycles. The van der Waals surface area contributed by atoms with E-state index in [9.17, 15) is 9.50 Å². The van der Waals surface area contributed by atoms with Crippen LogP contribution in [0.15, 0.2) is 18.2 Å². The second kappa shape index (κ2) is 5.30. The van der Waals surface area contributed by atoms with Crippen LogP contribution in [-0.2, 0) is 12.8 Å². The summed E-state index contributed by atoms with van der Waals surface area (Å²) in [6, 6.07) is 5.65. The van der Waals surface area contributed by atoms with Gasteiger partial charge in [-0.3, -0.25) is 0 Å². The molecule has 20 heavy (non-hydrogen) atoms. The van der Waals surface area contributed by atoms with Crippen molar-refractivity contribution in [2.75, 3.05) is 0 Å². The zero-order valence-corrected chi connectivity index (χ0v) is 12.7. The number of hydrogen-bond donors (Lipinski definition) is 1. The van der Waals surface area contributed by atoms with Crippen LogP contribution in [0.3, 0.4) is 0 Å². The lowest BCUT2D eigenvalue weighted by molar-refractivity contribution is 0.224. The molecule has 1 aromatic heterocycles. The third-order valence-electron chi connectivity index (χ3n) is 4.06. The second-order valence-corrected chi connectivity index (χ2v) is 6.84. The first kappa shape index (κ1) is 13.8. The summed E-state index contributed by atoms with van der Waals surface area (Å²) >= 11 is 1.71. The van der Waals surface area contributed by atoms with Gasteiger partial charge in [0.1, 0.15) is 11.9 Å². The minimum Gasteiger partial charge on any atom is -0.383 e. The van der Waals surface area contributed by atoms with Gasteiger partial charge >= 0.3 is 0 Å². The van der Waals surface area contributed by atoms with Gasteiger partial charge in [-0.1, -0.05) is 12.1 Å². The van der Waals surface area contributed by atoms with E-state index in [0.717, 1.165) is 23.3 Å². The number of fused-ring (bicyclic) bond motifs is 1. The zero-order chi connectivity index (χ0) is 14.3. The highest BCUT2D eigenvalue weighted by Crippen LogP contribution is 2.35. The molecule has 1 aliphatic rings. The molecule has 1 N–H and O–H groups in total. The Kier molecular flexibility index (Phi) is 3.65. The van der Waals surface area contributed by atoms with Crippen molar-refractivity contribution in [2.24, 2.45) is 0 Å². The van der Waals surface area contributed by atoms with Crippen LogP contribution in [-0.4, -0.2) is 5.11 Å². The predicted molar refractivity (Wildman–Crippen MR) is 80.9 cm³/mol. The summed E-state index contributed by atoms with van der Waals surface area (Å²) in [5.41, 5.74) is 3.38. The number of halogens is 1. The first-order chi connectivity index (χ1) is 9.56. The summed E-state index contributed by atoms with van der Waals surface area (Å²) < 4.78 is 13.7. The first-order valence-corrected chi connectivity index (χ1v) is 7.94. The molecule has 2 aromatic rings. The average molecular weight is 290 g/mol. The number of hydrogen-bond acceptors (Lipinski definition) is 2. The maximum Gasteiger partial charge on any atom is 0.129 e. The molecule has 0 radical (unpaired) electrons. The number of rotatable bonds is 2. The lowest BCUT2D eigenvalue weighted by Gasteiger charge is -2.12. The summed E-state index contributed by atoms with van der Waals surface area (Å²) in [5, 5.41) is 10.6. The van der Waals surface area contributed by atoms with Crippen molar-refractivity contribution in [3.8, 4) is 0 Å². The Labute approximate surface area is 123 Å². The van der Waals surface area contributed by atoms with Crippen LogP contribution in [0.5, 0.6) is 0 Å². The minimum absolute atomic E-state index is 0.175. The van der Waals surface area contributed by atoms with Crippen molar-refractivity contribution in [2.45, 2.75) is 45.6 Å². The predicted octanol–water partition coefficient (Wildman–Crippen LogP) is 4.46. The van der Waals surface area contributed by atoms with E-state index in [2.05, 4.69) is 6.07 Å². The Bertz CT molecular complexity index is 598. The SMILES string of the molecule is Cc1cc(C(O)c2cc3c(s2)CCCC3)cc(C)c1F. The molecule has 1 unspecified atom stereocenters. The van der Waals surface area contributed by atoms with Crippen LogP contribution in [0, 0.1) is 19.7 Å². The molecule has 0 amide bonds. The van der Waals surface area contributed by atoms with Crippen LogP contribution >= 0.6 is 11.3 Å². The highest BCUT2D eigenvalue weighted by molar-refractivity contribution is 7.12. The average Bonchev–Trinajstić information content (AvgIpc) is 2.87. The smallest absolute Gasteiger partial charge is 0.129 e. The molecule has 3 rings (SSSR count). The second-order valence-electron chi connectivity index (χ2n) is 5.68. The van der Waals surface area contributed by atoms with Crippen LogP contribution in [0.4, 0.5) is 4.39 Å². The van der Waals surface area contributed by atoms with Gasteiger partial charge in [-0.05, 0) is 67.9 Å². The summed E-state index contributed by atoms with van der Waals surface area (Å²) in [4.78, 5) is 2.41. The molecule has 106 valence electrons. The van der Waals surface area contributed by atoms with Gasteiger partial charge in [0.2, 0.25) is 0 Å². The van der Waals surface area contributed by atoms with E-state index in [1.807, 2.05) is 0 Å². The summed E-state index contributed by atoms with van der Waals surface area (Å²) in [5.74, 6) is -0.175. The van der Waals surface area contributed by atoms with Crippen molar-refractivity contribution in [1.29, 1.82) is 0 Å². The van der Waals surface area contributed by atoms with Crippen LogP contribution in [0.25, 0.3) is 0 Å². The fraction of sp³-hybridized carbons (Fsp3) is 0.412. The van der Waals surface area contributed by atoms with Crippen molar-refractivity contribution < 1.29 is 9.50 Å². The number of thiophene rings is 1. The number of aliphatic hydroxyl groups excluding tert-OH is 1. The maximum atomic E-state index is 13.7. The normalized spacial score (nSPS) is 16.0.